The fourth-order valence-corrected chi connectivity index (χ4v) is 3.47. The summed E-state index contributed by atoms with van der Waals surface area (Å²) in [5.41, 5.74) is 5.40. The Morgan fingerprint density at radius 1 is 0.778 bits per heavy atom. The van der Waals surface area contributed by atoms with Crippen molar-refractivity contribution in [1.29, 1.82) is 0 Å². The highest BCUT2D eigenvalue weighted by molar-refractivity contribution is 6.21. The van der Waals surface area contributed by atoms with Crippen molar-refractivity contribution in [2.45, 2.75) is 110 Å². The van der Waals surface area contributed by atoms with Crippen molar-refractivity contribution in [2.24, 2.45) is 5.73 Å². The predicted octanol–water partition coefficient (Wildman–Crippen LogP) is 5.78. The van der Waals surface area contributed by atoms with Crippen LogP contribution in [0.5, 0.6) is 0 Å². The van der Waals surface area contributed by atoms with Crippen LogP contribution in [0, 0.1) is 0 Å². The Bertz CT molecular complexity index is 316. The molecule has 0 heterocycles. The lowest BCUT2D eigenvalue weighted by molar-refractivity contribution is -0.126. The molecule has 0 spiro atoms. The maximum atomic E-state index is 11.9. The Balaban J connectivity index is 3.22. The molecule has 5 heteroatoms. The molecular weight excluding hydrogens is 358 g/mol. The van der Waals surface area contributed by atoms with Crippen molar-refractivity contribution in [3.8, 4) is 0 Å². The minimum atomic E-state index is 0.0425. The van der Waals surface area contributed by atoms with Crippen LogP contribution in [0.1, 0.15) is 110 Å². The van der Waals surface area contributed by atoms with Crippen LogP contribution in [0.2, 0.25) is 0 Å². The van der Waals surface area contributed by atoms with Gasteiger partial charge in [0.2, 0.25) is 5.91 Å². The topological polar surface area (TPSA) is 58.4 Å². The SMILES string of the molecule is CCCCCCCCCCCCCCCCCC(=O)N(Cl)CCNCCN. The summed E-state index contributed by atoms with van der Waals surface area (Å²) >= 11 is 5.99. The number of nitrogens with zero attached hydrogens (tertiary/aromatic N) is 1. The van der Waals surface area contributed by atoms with Crippen LogP contribution in [-0.4, -0.2) is 36.5 Å². The average Bonchev–Trinajstić information content (AvgIpc) is 2.67. The Labute approximate surface area is 174 Å². The molecule has 0 radical (unpaired) electrons. The maximum Gasteiger partial charge on any atom is 0.236 e. The van der Waals surface area contributed by atoms with E-state index >= 15 is 0 Å². The lowest BCUT2D eigenvalue weighted by atomic mass is 10.0. The number of unbranched alkanes of at least 4 members (excludes halogenated alkanes) is 14. The van der Waals surface area contributed by atoms with E-state index in [0.717, 1.165) is 19.4 Å². The number of rotatable bonds is 21. The molecular formula is C22H46ClN3O. The number of carbonyl (C=O) groups excluding carboxylic acids is 1. The normalized spacial score (nSPS) is 11.1. The third-order valence-electron chi connectivity index (χ3n) is 5.07. The van der Waals surface area contributed by atoms with Gasteiger partial charge in [-0.25, -0.2) is 0 Å². The van der Waals surface area contributed by atoms with Crippen LogP contribution >= 0.6 is 11.8 Å². The van der Waals surface area contributed by atoms with Gasteiger partial charge in [0.1, 0.15) is 0 Å². The van der Waals surface area contributed by atoms with Gasteiger partial charge in [-0.3, -0.25) is 9.21 Å². The Morgan fingerprint density at radius 3 is 1.67 bits per heavy atom. The Kier molecular flexibility index (Phi) is 21.7. The van der Waals surface area contributed by atoms with Crippen LogP contribution in [0.25, 0.3) is 0 Å². The lowest BCUT2D eigenvalue weighted by Gasteiger charge is -2.14. The highest BCUT2D eigenvalue weighted by Gasteiger charge is 2.09. The number of nitrogens with one attached hydrogen (secondary N) is 1. The van der Waals surface area contributed by atoms with E-state index in [9.17, 15) is 4.79 Å². The first-order chi connectivity index (χ1) is 13.2. The van der Waals surface area contributed by atoms with Gasteiger partial charge in [-0.2, -0.15) is 0 Å². The zero-order valence-corrected chi connectivity index (χ0v) is 18.7. The molecule has 0 aromatic heterocycles. The number of amides is 1. The smallest absolute Gasteiger partial charge is 0.236 e. The first-order valence-corrected chi connectivity index (χ1v) is 11.9. The fourth-order valence-electron chi connectivity index (χ4n) is 3.30. The van der Waals surface area contributed by atoms with E-state index in [1.807, 2.05) is 0 Å². The van der Waals surface area contributed by atoms with Gasteiger partial charge in [0.15, 0.2) is 0 Å². The van der Waals surface area contributed by atoms with Crippen LogP contribution in [0.4, 0.5) is 0 Å². The summed E-state index contributed by atoms with van der Waals surface area (Å²) < 4.78 is 1.31. The van der Waals surface area contributed by atoms with Crippen molar-refractivity contribution in [2.75, 3.05) is 26.2 Å². The summed E-state index contributed by atoms with van der Waals surface area (Å²) in [7, 11) is 0. The molecule has 0 unspecified atom stereocenters. The second-order valence-corrected chi connectivity index (χ2v) is 8.13. The zero-order valence-electron chi connectivity index (χ0n) is 18.0. The molecule has 0 bridgehead atoms. The summed E-state index contributed by atoms with van der Waals surface area (Å²) in [6.07, 6.45) is 20.6. The highest BCUT2D eigenvalue weighted by atomic mass is 35.5. The number of hydrogen-bond donors (Lipinski definition) is 2. The Morgan fingerprint density at radius 2 is 1.22 bits per heavy atom. The number of carbonyl (C=O) groups is 1. The van der Waals surface area contributed by atoms with Gasteiger partial charge in [-0.15, -0.1) is 0 Å². The molecule has 0 aliphatic carbocycles. The predicted molar refractivity (Wildman–Crippen MR) is 119 cm³/mol. The highest BCUT2D eigenvalue weighted by Crippen LogP contribution is 2.14. The van der Waals surface area contributed by atoms with Gasteiger partial charge in [0.25, 0.3) is 0 Å². The summed E-state index contributed by atoms with van der Waals surface area (Å²) in [5, 5.41) is 3.14. The van der Waals surface area contributed by atoms with Crippen molar-refractivity contribution < 1.29 is 4.79 Å². The zero-order chi connectivity index (χ0) is 20.0. The third-order valence-corrected chi connectivity index (χ3v) is 5.43. The largest absolute Gasteiger partial charge is 0.329 e. The lowest BCUT2D eigenvalue weighted by Crippen LogP contribution is -2.32. The minimum absolute atomic E-state index is 0.0425. The van der Waals surface area contributed by atoms with Crippen molar-refractivity contribution in [3.63, 3.8) is 0 Å². The maximum absolute atomic E-state index is 11.9. The fraction of sp³-hybridized carbons (Fsp3) is 0.955. The van der Waals surface area contributed by atoms with E-state index in [0.29, 0.717) is 26.1 Å². The molecule has 3 N–H and O–H groups in total. The molecule has 0 fully saturated rings. The molecule has 0 aromatic rings. The first-order valence-electron chi connectivity index (χ1n) is 11.6. The van der Waals surface area contributed by atoms with E-state index < -0.39 is 0 Å². The minimum Gasteiger partial charge on any atom is -0.329 e. The van der Waals surface area contributed by atoms with Gasteiger partial charge in [-0.1, -0.05) is 96.8 Å². The molecule has 0 aliphatic heterocycles. The van der Waals surface area contributed by atoms with E-state index in [1.54, 1.807) is 0 Å². The number of nitrogens with two attached hydrogens (primary N) is 1. The molecule has 0 rings (SSSR count). The second-order valence-electron chi connectivity index (χ2n) is 7.72. The van der Waals surface area contributed by atoms with E-state index in [-0.39, 0.29) is 5.91 Å². The van der Waals surface area contributed by atoms with Gasteiger partial charge >= 0.3 is 0 Å². The van der Waals surface area contributed by atoms with Crippen molar-refractivity contribution in [1.82, 2.24) is 9.74 Å². The first kappa shape index (κ1) is 26.7. The summed E-state index contributed by atoms with van der Waals surface area (Å²) in [4.78, 5) is 11.9. The van der Waals surface area contributed by atoms with Crippen LogP contribution < -0.4 is 11.1 Å². The number of halogens is 1. The molecule has 0 aliphatic rings. The van der Waals surface area contributed by atoms with E-state index in [1.165, 1.54) is 87.9 Å². The molecule has 0 aromatic carbocycles. The Hall–Kier alpha value is -0.320. The molecule has 0 atom stereocenters. The van der Waals surface area contributed by atoms with Crippen molar-refractivity contribution in [3.05, 3.63) is 0 Å². The van der Waals surface area contributed by atoms with E-state index in [2.05, 4.69) is 12.2 Å². The summed E-state index contributed by atoms with van der Waals surface area (Å²) in [6, 6.07) is 0. The van der Waals surface area contributed by atoms with Crippen LogP contribution in [-0.2, 0) is 4.79 Å². The molecule has 1 amide bonds. The van der Waals surface area contributed by atoms with Gasteiger partial charge in [-0.05, 0) is 6.42 Å². The third kappa shape index (κ3) is 20.2. The van der Waals surface area contributed by atoms with Crippen molar-refractivity contribution >= 4 is 17.7 Å². The van der Waals surface area contributed by atoms with E-state index in [4.69, 9.17) is 17.5 Å². The standard InChI is InChI=1S/C22H46ClN3O/c1-2-3-4-5-6-7-8-9-10-11-12-13-14-15-16-17-22(27)26(23)21-20-25-19-18-24/h25H,2-21,24H2,1H3. The summed E-state index contributed by atoms with van der Waals surface area (Å²) in [5.74, 6) is 0.0425. The molecule has 27 heavy (non-hydrogen) atoms. The van der Waals surface area contributed by atoms with Crippen LogP contribution in [0.15, 0.2) is 0 Å². The van der Waals surface area contributed by atoms with Gasteiger partial charge in [0.05, 0.1) is 6.54 Å². The molecule has 4 nitrogen and oxygen atoms in total. The second kappa shape index (κ2) is 22.0. The number of hydrogen-bond acceptors (Lipinski definition) is 3. The van der Waals surface area contributed by atoms with Gasteiger partial charge < -0.3 is 11.1 Å². The summed E-state index contributed by atoms with van der Waals surface area (Å²) in [6.45, 7) is 4.88. The monoisotopic (exact) mass is 403 g/mol. The molecule has 0 saturated heterocycles. The quantitative estimate of drug-likeness (QED) is 0.188. The van der Waals surface area contributed by atoms with Gasteiger partial charge in [0, 0.05) is 37.8 Å². The average molecular weight is 404 g/mol. The molecule has 0 saturated carbocycles. The molecule has 162 valence electrons. The van der Waals surface area contributed by atoms with Crippen LogP contribution in [0.3, 0.4) is 0 Å².